The minimum Gasteiger partial charge on any atom is -0.419 e. The third-order valence-corrected chi connectivity index (χ3v) is 24.4. The average molecular weight is 1030 g/mol. The van der Waals surface area contributed by atoms with Crippen molar-refractivity contribution < 1.29 is 22.3 Å². The highest BCUT2D eigenvalue weighted by atomic mass is 35.9. The molecule has 0 saturated carbocycles. The Balaban J connectivity index is 1.88. The molecule has 320 valence electrons. The van der Waals surface area contributed by atoms with Gasteiger partial charge in [-0.05, 0) is 172 Å². The van der Waals surface area contributed by atoms with E-state index in [1.54, 1.807) is 50.8 Å². The van der Waals surface area contributed by atoms with Crippen LogP contribution in [0.1, 0.15) is 38.3 Å². The van der Waals surface area contributed by atoms with Crippen molar-refractivity contribution >= 4 is 136 Å². The van der Waals surface area contributed by atoms with E-state index in [9.17, 15) is 0 Å². The lowest BCUT2D eigenvalue weighted by Crippen LogP contribution is -2.46. The number of nitrogens with zero attached hydrogens (tertiary/aromatic N) is 5. The van der Waals surface area contributed by atoms with Crippen molar-refractivity contribution in [2.45, 2.75) is 33.2 Å². The van der Waals surface area contributed by atoms with Gasteiger partial charge in [0.1, 0.15) is 11.5 Å². The van der Waals surface area contributed by atoms with E-state index in [0.717, 1.165) is 21.7 Å². The molecule has 4 rings (SSSR count). The van der Waals surface area contributed by atoms with Gasteiger partial charge in [-0.2, -0.15) is 14.7 Å². The molecule has 0 aromatic heterocycles. The molecule has 0 amide bonds. The number of halogens is 4. The molecule has 0 aliphatic heterocycles. The Kier molecular flexibility index (Phi) is 20.1. The van der Waals surface area contributed by atoms with E-state index in [1.807, 2.05) is 81.4 Å². The van der Waals surface area contributed by atoms with Gasteiger partial charge in [0.05, 0.1) is 12.4 Å². The summed E-state index contributed by atoms with van der Waals surface area (Å²) in [5, 5.41) is 10.7. The molecule has 1 unspecified atom stereocenters. The van der Waals surface area contributed by atoms with Gasteiger partial charge in [-0.15, -0.1) is 0 Å². The van der Waals surface area contributed by atoms with Gasteiger partial charge in [0.25, 0.3) is 0 Å². The minimum absolute atomic E-state index is 0.460. The maximum Gasteiger partial charge on any atom is 0.500 e. The molecule has 0 radical (unpaired) electrons. The summed E-state index contributed by atoms with van der Waals surface area (Å²) in [5.74, 6) is 0.920. The Hall–Kier alpha value is -1.14. The third kappa shape index (κ3) is 15.6. The van der Waals surface area contributed by atoms with Crippen molar-refractivity contribution in [3.63, 3.8) is 0 Å². The third-order valence-electron chi connectivity index (χ3n) is 8.31. The van der Waals surface area contributed by atoms with Gasteiger partial charge in [0.15, 0.2) is 0 Å². The summed E-state index contributed by atoms with van der Waals surface area (Å²) >= 11 is 41.3. The fourth-order valence-corrected chi connectivity index (χ4v) is 17.7. The lowest BCUT2D eigenvalue weighted by atomic mass is 10.2. The molecule has 0 N–H and O–H groups in total. The zero-order valence-corrected chi connectivity index (χ0v) is 43.1. The molecule has 0 saturated heterocycles. The van der Waals surface area contributed by atoms with Gasteiger partial charge in [0, 0.05) is 58.8 Å². The van der Waals surface area contributed by atoms with Gasteiger partial charge in [-0.1, -0.05) is 60.7 Å². The van der Waals surface area contributed by atoms with E-state index in [-0.39, 0.29) is 0 Å². The average Bonchev–Trinajstić information content (AvgIpc) is 3.20. The minimum atomic E-state index is -3.62. The molecular weight excluding hydrogens is 984 g/mol. The largest absolute Gasteiger partial charge is 0.500 e. The van der Waals surface area contributed by atoms with Crippen molar-refractivity contribution in [2.24, 2.45) is 14.7 Å². The molecule has 59 heavy (non-hydrogen) atoms. The fourth-order valence-electron chi connectivity index (χ4n) is 5.59. The van der Waals surface area contributed by atoms with Crippen molar-refractivity contribution in [3.05, 3.63) is 120 Å². The Labute approximate surface area is 384 Å². The molecule has 4 aromatic rings. The highest BCUT2D eigenvalue weighted by molar-refractivity contribution is 8.38. The van der Waals surface area contributed by atoms with E-state index in [2.05, 4.69) is 34.5 Å². The predicted molar refractivity (Wildman–Crippen MR) is 268 cm³/mol. The summed E-state index contributed by atoms with van der Waals surface area (Å²) in [6.07, 6.45) is 4.51. The Morgan fingerprint density at radius 1 is 0.593 bits per heavy atom. The molecule has 1 atom stereocenters. The molecule has 0 heterocycles. The van der Waals surface area contributed by atoms with Gasteiger partial charge in [0.2, 0.25) is 9.79 Å². The van der Waals surface area contributed by atoms with Crippen LogP contribution in [0.25, 0.3) is 0 Å². The summed E-state index contributed by atoms with van der Waals surface area (Å²) in [6.45, 7) is 3.68. The van der Waals surface area contributed by atoms with Gasteiger partial charge in [-0.3, -0.25) is 0 Å². The van der Waals surface area contributed by atoms with Crippen LogP contribution in [0.3, 0.4) is 0 Å². The van der Waals surface area contributed by atoms with Crippen LogP contribution in [0, 0.1) is 0 Å². The molecule has 0 spiro atoms. The second-order valence-electron chi connectivity index (χ2n) is 12.5. The second kappa shape index (κ2) is 23.5. The highest BCUT2D eigenvalue weighted by Crippen LogP contribution is 2.63. The molecule has 0 bridgehead atoms. The van der Waals surface area contributed by atoms with E-state index in [0.29, 0.717) is 49.9 Å². The van der Waals surface area contributed by atoms with Crippen molar-refractivity contribution in [2.75, 3.05) is 40.1 Å². The SMILES string of the molecule is CCO[Si](CCCP(=NP(=S)(Oc1ccc(/C=N\N(C)P(=S)(Cl)Cl)cc1)Oc1ccc(/C=N/N(C)P(=S)(Cl)Cl)cc1)(c1ccccc1)c1ccccc1)(OCC)OCC. The predicted octanol–water partition coefficient (Wildman–Crippen LogP) is 12.6. The van der Waals surface area contributed by atoms with Crippen molar-refractivity contribution in [3.8, 4) is 11.5 Å². The standard InChI is InChI=1S/C37H47Cl4N5O5P4S3Si/c1-6-47-59(48-7-2,49-8-3)29-15-28-52(36-16-11-9-12-17-36,37-18-13-10-14-19-37)44-55(58,50-34-24-20-32(21-25-34)30-42-45(4)53(38,39)56)51-35-26-22-33(23-27-35)31-43-46(5)54(40,41)57/h9-14,16-27,30-31H,6-8,15,28-29H2,1-5H3/b42-30-,43-31+. The van der Waals surface area contributed by atoms with Crippen molar-refractivity contribution in [1.82, 2.24) is 9.56 Å². The highest BCUT2D eigenvalue weighted by Gasteiger charge is 2.41. The maximum atomic E-state index is 6.77. The Morgan fingerprint density at radius 3 is 1.31 bits per heavy atom. The zero-order valence-electron chi connectivity index (χ0n) is 33.1. The van der Waals surface area contributed by atoms with E-state index >= 15 is 0 Å². The maximum absolute atomic E-state index is 6.77. The monoisotopic (exact) mass is 1030 g/mol. The first kappa shape index (κ1) is 50.5. The number of hydrogen-bond donors (Lipinski definition) is 0. The Bertz CT molecular complexity index is 2060. The quantitative estimate of drug-likeness (QED) is 0.0310. The normalized spacial score (nSPS) is 13.6. The molecule has 0 fully saturated rings. The molecule has 0 aliphatic rings. The van der Waals surface area contributed by atoms with Crippen molar-refractivity contribution in [1.29, 1.82) is 0 Å². The molecular formula is C37H47Cl4N5O5P4S3Si. The first-order valence-corrected chi connectivity index (χ1v) is 33.9. The van der Waals surface area contributed by atoms with Crippen LogP contribution in [-0.4, -0.2) is 70.9 Å². The lowest BCUT2D eigenvalue weighted by Gasteiger charge is -2.32. The number of rotatable bonds is 23. The van der Waals surface area contributed by atoms with Crippen LogP contribution in [-0.2, 0) is 48.7 Å². The molecule has 22 heteroatoms. The smallest absolute Gasteiger partial charge is 0.419 e. The zero-order chi connectivity index (χ0) is 43.2. The number of hydrazone groups is 2. The second-order valence-corrected chi connectivity index (χ2v) is 37.0. The summed E-state index contributed by atoms with van der Waals surface area (Å²) in [7, 11) is -2.51. The van der Waals surface area contributed by atoms with E-state index in [4.69, 9.17) is 107 Å². The van der Waals surface area contributed by atoms with Crippen LogP contribution in [0.4, 0.5) is 0 Å². The van der Waals surface area contributed by atoms with Crippen LogP contribution in [0.5, 0.6) is 11.5 Å². The van der Waals surface area contributed by atoms with Gasteiger partial charge in [-0.25, -0.2) is 9.56 Å². The summed E-state index contributed by atoms with van der Waals surface area (Å²) < 4.78 is 40.8. The molecule has 10 nitrogen and oxygen atoms in total. The van der Waals surface area contributed by atoms with E-state index < -0.39 is 32.3 Å². The fraction of sp³-hybridized carbons (Fsp3) is 0.297. The summed E-state index contributed by atoms with van der Waals surface area (Å²) in [4.78, 5) is -5.54. The molecule has 0 aliphatic carbocycles. The lowest BCUT2D eigenvalue weighted by molar-refractivity contribution is 0.0712. The molecule has 4 aromatic carbocycles. The van der Waals surface area contributed by atoms with Crippen LogP contribution >= 0.6 is 68.4 Å². The Morgan fingerprint density at radius 2 is 0.966 bits per heavy atom. The number of benzene rings is 4. The number of hydrogen-bond acceptors (Lipinski definition) is 10. The summed E-state index contributed by atoms with van der Waals surface area (Å²) in [5.41, 5.74) is 1.52. The van der Waals surface area contributed by atoms with Crippen LogP contribution in [0.2, 0.25) is 6.04 Å². The van der Waals surface area contributed by atoms with Crippen LogP contribution in [0.15, 0.2) is 124 Å². The van der Waals surface area contributed by atoms with Gasteiger partial charge < -0.3 is 22.3 Å². The topological polar surface area (TPSA) is 89.7 Å². The summed E-state index contributed by atoms with van der Waals surface area (Å²) in [6, 6.07) is 35.5. The van der Waals surface area contributed by atoms with Gasteiger partial charge >= 0.3 is 15.4 Å². The first-order chi connectivity index (χ1) is 28.0. The first-order valence-electron chi connectivity index (χ1n) is 18.4. The van der Waals surface area contributed by atoms with E-state index in [1.165, 1.54) is 9.56 Å². The van der Waals surface area contributed by atoms with Crippen LogP contribution < -0.4 is 19.7 Å².